The van der Waals surface area contributed by atoms with Crippen LogP contribution in [-0.2, 0) is 0 Å². The van der Waals surface area contributed by atoms with E-state index in [2.05, 4.69) is 24.1 Å². The molecule has 2 heterocycles. The second-order valence-electron chi connectivity index (χ2n) is 8.04. The molecule has 0 bridgehead atoms. The van der Waals surface area contributed by atoms with Gasteiger partial charge in [0.25, 0.3) is 0 Å². The molecule has 0 spiro atoms. The van der Waals surface area contributed by atoms with Crippen molar-refractivity contribution in [2.24, 2.45) is 17.8 Å². The number of hydrogen-bond acceptors (Lipinski definition) is 2. The lowest BCUT2D eigenvalue weighted by Crippen LogP contribution is -2.46. The molecular weight excluding hydrogens is 317 g/mol. The minimum Gasteiger partial charge on any atom is -0.325 e. The molecule has 3 rings (SSSR count). The van der Waals surface area contributed by atoms with Gasteiger partial charge >= 0.3 is 6.03 Å². The molecule has 25 heavy (non-hydrogen) atoms. The topological polar surface area (TPSA) is 35.6 Å². The van der Waals surface area contributed by atoms with Crippen molar-refractivity contribution < 1.29 is 9.18 Å². The number of likely N-dealkylation sites (tertiary alicyclic amines) is 2. The van der Waals surface area contributed by atoms with E-state index in [0.29, 0.717) is 11.6 Å². The van der Waals surface area contributed by atoms with E-state index < -0.39 is 0 Å². The summed E-state index contributed by atoms with van der Waals surface area (Å²) < 4.78 is 13.2. The first kappa shape index (κ1) is 18.2. The normalized spacial score (nSPS) is 25.8. The molecule has 2 fully saturated rings. The lowest BCUT2D eigenvalue weighted by atomic mass is 9.89. The van der Waals surface area contributed by atoms with E-state index in [1.807, 2.05) is 4.90 Å². The molecule has 1 aromatic carbocycles. The second-order valence-corrected chi connectivity index (χ2v) is 8.04. The minimum atomic E-state index is -0.332. The first-order chi connectivity index (χ1) is 12.0. The van der Waals surface area contributed by atoms with Gasteiger partial charge in [-0.25, -0.2) is 9.18 Å². The van der Waals surface area contributed by atoms with Crippen LogP contribution in [0, 0.1) is 23.6 Å². The SMILES string of the molecule is C[C@@H]1C[C@H](C)CN(CC2CCN(C(=O)Nc3cccc(F)c3)CC2)C1. The molecule has 2 aliphatic rings. The van der Waals surface area contributed by atoms with E-state index in [1.54, 1.807) is 12.1 Å². The van der Waals surface area contributed by atoms with Gasteiger partial charge in [0, 0.05) is 38.4 Å². The van der Waals surface area contributed by atoms with Gasteiger partial charge in [0.15, 0.2) is 0 Å². The van der Waals surface area contributed by atoms with Crippen LogP contribution in [0.3, 0.4) is 0 Å². The van der Waals surface area contributed by atoms with Gasteiger partial charge in [-0.15, -0.1) is 0 Å². The highest BCUT2D eigenvalue weighted by molar-refractivity contribution is 5.89. The Morgan fingerprint density at radius 3 is 2.52 bits per heavy atom. The van der Waals surface area contributed by atoms with E-state index in [4.69, 9.17) is 0 Å². The first-order valence-electron chi connectivity index (χ1n) is 9.53. The Labute approximate surface area is 150 Å². The number of halogens is 1. The maximum Gasteiger partial charge on any atom is 0.321 e. The Morgan fingerprint density at radius 2 is 1.88 bits per heavy atom. The average Bonchev–Trinajstić information content (AvgIpc) is 2.54. The van der Waals surface area contributed by atoms with Crippen LogP contribution in [0.5, 0.6) is 0 Å². The molecule has 5 heteroatoms. The number of amides is 2. The van der Waals surface area contributed by atoms with Crippen LogP contribution < -0.4 is 5.32 Å². The minimum absolute atomic E-state index is 0.121. The summed E-state index contributed by atoms with van der Waals surface area (Å²) in [7, 11) is 0. The zero-order valence-corrected chi connectivity index (χ0v) is 15.4. The summed E-state index contributed by atoms with van der Waals surface area (Å²) in [6.07, 6.45) is 3.45. The third-order valence-electron chi connectivity index (χ3n) is 5.44. The Bertz CT molecular complexity index is 576. The highest BCUT2D eigenvalue weighted by atomic mass is 19.1. The molecule has 0 aromatic heterocycles. The van der Waals surface area contributed by atoms with Crippen LogP contribution >= 0.6 is 0 Å². The highest BCUT2D eigenvalue weighted by Gasteiger charge is 2.27. The van der Waals surface area contributed by atoms with E-state index in [1.165, 1.54) is 31.6 Å². The first-order valence-corrected chi connectivity index (χ1v) is 9.53. The number of anilines is 1. The van der Waals surface area contributed by atoms with E-state index in [9.17, 15) is 9.18 Å². The zero-order chi connectivity index (χ0) is 17.8. The van der Waals surface area contributed by atoms with Gasteiger partial charge in [0.1, 0.15) is 5.82 Å². The standard InChI is InChI=1S/C20H30FN3O/c1-15-10-16(2)13-23(12-15)14-17-6-8-24(9-7-17)20(25)22-19-5-3-4-18(21)11-19/h3-5,11,15-17H,6-10,12-14H2,1-2H3,(H,22,25)/t15-,16+. The van der Waals surface area contributed by atoms with Crippen LogP contribution in [0.4, 0.5) is 14.9 Å². The largest absolute Gasteiger partial charge is 0.325 e. The van der Waals surface area contributed by atoms with Crippen LogP contribution in [-0.4, -0.2) is 48.6 Å². The predicted octanol–water partition coefficient (Wildman–Crippen LogP) is 4.05. The Hall–Kier alpha value is -1.62. The Kier molecular flexibility index (Phi) is 5.94. The number of urea groups is 1. The second kappa shape index (κ2) is 8.17. The molecule has 2 atom stereocenters. The van der Waals surface area contributed by atoms with Crippen molar-refractivity contribution in [2.45, 2.75) is 33.1 Å². The molecule has 0 aliphatic carbocycles. The summed E-state index contributed by atoms with van der Waals surface area (Å²) in [4.78, 5) is 16.8. The fourth-order valence-corrected chi connectivity index (χ4v) is 4.39. The molecule has 4 nitrogen and oxygen atoms in total. The maximum absolute atomic E-state index is 13.2. The molecule has 1 aromatic rings. The molecule has 2 aliphatic heterocycles. The molecular formula is C20H30FN3O. The Balaban J connectivity index is 1.44. The molecule has 2 amide bonds. The molecule has 138 valence electrons. The fourth-order valence-electron chi connectivity index (χ4n) is 4.39. The quantitative estimate of drug-likeness (QED) is 0.895. The fraction of sp³-hybridized carbons (Fsp3) is 0.650. The van der Waals surface area contributed by atoms with Gasteiger partial charge in [0.05, 0.1) is 0 Å². The van der Waals surface area contributed by atoms with Gasteiger partial charge in [-0.05, 0) is 55.2 Å². The summed E-state index contributed by atoms with van der Waals surface area (Å²) in [5, 5.41) is 2.80. The van der Waals surface area contributed by atoms with Crippen molar-refractivity contribution in [2.75, 3.05) is 38.0 Å². The van der Waals surface area contributed by atoms with Gasteiger partial charge in [-0.2, -0.15) is 0 Å². The number of rotatable bonds is 3. The van der Waals surface area contributed by atoms with Gasteiger partial charge in [-0.3, -0.25) is 0 Å². The number of nitrogens with one attached hydrogen (secondary N) is 1. The summed E-state index contributed by atoms with van der Waals surface area (Å²) >= 11 is 0. The third-order valence-corrected chi connectivity index (χ3v) is 5.44. The summed E-state index contributed by atoms with van der Waals surface area (Å²) in [6.45, 7) is 9.85. The summed E-state index contributed by atoms with van der Waals surface area (Å²) in [6, 6.07) is 5.93. The monoisotopic (exact) mass is 347 g/mol. The number of piperidine rings is 2. The van der Waals surface area contributed by atoms with Crippen molar-refractivity contribution in [3.8, 4) is 0 Å². The van der Waals surface area contributed by atoms with Crippen LogP contribution in [0.1, 0.15) is 33.1 Å². The van der Waals surface area contributed by atoms with Gasteiger partial charge < -0.3 is 15.1 Å². The third kappa shape index (κ3) is 5.18. The van der Waals surface area contributed by atoms with E-state index in [0.717, 1.165) is 44.3 Å². The number of nitrogens with zero attached hydrogens (tertiary/aromatic N) is 2. The lowest BCUT2D eigenvalue weighted by Gasteiger charge is -2.39. The molecule has 2 saturated heterocycles. The number of hydrogen-bond donors (Lipinski definition) is 1. The van der Waals surface area contributed by atoms with Crippen molar-refractivity contribution in [1.29, 1.82) is 0 Å². The van der Waals surface area contributed by atoms with Crippen LogP contribution in [0.2, 0.25) is 0 Å². The number of carbonyl (C=O) groups excluding carboxylic acids is 1. The van der Waals surface area contributed by atoms with Crippen LogP contribution in [0.15, 0.2) is 24.3 Å². The highest BCUT2D eigenvalue weighted by Crippen LogP contribution is 2.25. The van der Waals surface area contributed by atoms with E-state index >= 15 is 0 Å². The number of benzene rings is 1. The Morgan fingerprint density at radius 1 is 1.20 bits per heavy atom. The lowest BCUT2D eigenvalue weighted by molar-refractivity contribution is 0.101. The van der Waals surface area contributed by atoms with Crippen molar-refractivity contribution in [3.05, 3.63) is 30.1 Å². The predicted molar refractivity (Wildman–Crippen MR) is 99.1 cm³/mol. The number of carbonyl (C=O) groups is 1. The van der Waals surface area contributed by atoms with E-state index in [-0.39, 0.29) is 11.8 Å². The van der Waals surface area contributed by atoms with Crippen molar-refractivity contribution in [3.63, 3.8) is 0 Å². The molecule has 0 unspecified atom stereocenters. The molecule has 0 saturated carbocycles. The van der Waals surface area contributed by atoms with Gasteiger partial charge in [-0.1, -0.05) is 19.9 Å². The average molecular weight is 347 g/mol. The molecule has 0 radical (unpaired) electrons. The maximum atomic E-state index is 13.2. The summed E-state index contributed by atoms with van der Waals surface area (Å²) in [5.74, 6) is 1.93. The smallest absolute Gasteiger partial charge is 0.321 e. The summed E-state index contributed by atoms with van der Waals surface area (Å²) in [5.41, 5.74) is 0.517. The van der Waals surface area contributed by atoms with Crippen molar-refractivity contribution in [1.82, 2.24) is 9.80 Å². The molecule has 1 N–H and O–H groups in total. The zero-order valence-electron chi connectivity index (χ0n) is 15.4. The van der Waals surface area contributed by atoms with Crippen LogP contribution in [0.25, 0.3) is 0 Å². The van der Waals surface area contributed by atoms with Crippen molar-refractivity contribution >= 4 is 11.7 Å². The van der Waals surface area contributed by atoms with Gasteiger partial charge in [0.2, 0.25) is 0 Å².